The number of carbonyl (C=O) groups excluding carboxylic acids is 1. The molecule has 3 heteroatoms. The van der Waals surface area contributed by atoms with Crippen LogP contribution < -0.4 is 0 Å². The fourth-order valence-corrected chi connectivity index (χ4v) is 2.43. The van der Waals surface area contributed by atoms with Gasteiger partial charge in [0, 0.05) is 22.3 Å². The minimum Gasteiger partial charge on any atom is -0.314 e. The molecule has 0 bridgehead atoms. The number of nitrogens with zero attached hydrogens (tertiary/aromatic N) is 1. The second-order valence-electron chi connectivity index (χ2n) is 4.52. The quantitative estimate of drug-likeness (QED) is 0.633. The Morgan fingerprint density at radius 3 is 2.74 bits per heavy atom. The molecule has 0 atom stereocenters. The van der Waals surface area contributed by atoms with Crippen LogP contribution in [0.3, 0.4) is 0 Å². The zero-order chi connectivity index (χ0) is 13.4. The molecule has 0 N–H and O–H groups in total. The van der Waals surface area contributed by atoms with Gasteiger partial charge in [-0.05, 0) is 48.4 Å². The Bertz CT molecular complexity index is 774. The van der Waals surface area contributed by atoms with Crippen LogP contribution in [0.4, 0.5) is 0 Å². The number of halogens is 1. The van der Waals surface area contributed by atoms with Gasteiger partial charge in [0.15, 0.2) is 6.29 Å². The summed E-state index contributed by atoms with van der Waals surface area (Å²) in [4.78, 5) is 11.4. The summed E-state index contributed by atoms with van der Waals surface area (Å²) in [5, 5.41) is 0.736. The van der Waals surface area contributed by atoms with Crippen LogP contribution in [-0.4, -0.2) is 10.7 Å². The van der Waals surface area contributed by atoms with Gasteiger partial charge < -0.3 is 4.40 Å². The topological polar surface area (TPSA) is 21.5 Å². The third-order valence-corrected chi connectivity index (χ3v) is 3.72. The van der Waals surface area contributed by atoms with Crippen molar-refractivity contribution < 1.29 is 4.79 Å². The number of aromatic nitrogens is 1. The maximum atomic E-state index is 11.4. The van der Waals surface area contributed by atoms with E-state index in [0.29, 0.717) is 5.69 Å². The number of hydrogen-bond acceptors (Lipinski definition) is 1. The monoisotopic (exact) mass is 269 g/mol. The van der Waals surface area contributed by atoms with Crippen molar-refractivity contribution in [3.63, 3.8) is 0 Å². The number of fused-ring (bicyclic) bond motifs is 1. The van der Waals surface area contributed by atoms with Gasteiger partial charge in [0.1, 0.15) is 0 Å². The summed E-state index contributed by atoms with van der Waals surface area (Å²) < 4.78 is 1.90. The molecule has 3 aromatic rings. The molecular formula is C16H12ClNO. The zero-order valence-electron chi connectivity index (χ0n) is 10.4. The smallest absolute Gasteiger partial charge is 0.167 e. The summed E-state index contributed by atoms with van der Waals surface area (Å²) in [6.45, 7) is 1.96. The minimum absolute atomic E-state index is 0.664. The van der Waals surface area contributed by atoms with Crippen molar-refractivity contribution in [3.8, 4) is 11.1 Å². The fraction of sp³-hybridized carbons (Fsp3) is 0.0625. The minimum atomic E-state index is 0.664. The highest BCUT2D eigenvalue weighted by Gasteiger charge is 2.11. The van der Waals surface area contributed by atoms with E-state index in [-0.39, 0.29) is 0 Å². The van der Waals surface area contributed by atoms with Crippen molar-refractivity contribution in [2.24, 2.45) is 0 Å². The van der Waals surface area contributed by atoms with Gasteiger partial charge in [-0.3, -0.25) is 4.79 Å². The van der Waals surface area contributed by atoms with E-state index in [1.165, 1.54) is 0 Å². The van der Waals surface area contributed by atoms with E-state index in [1.807, 2.05) is 60.0 Å². The maximum Gasteiger partial charge on any atom is 0.167 e. The molecule has 3 rings (SSSR count). The lowest BCUT2D eigenvalue weighted by molar-refractivity contribution is 0.111. The molecule has 19 heavy (non-hydrogen) atoms. The molecule has 0 spiro atoms. The first-order valence-electron chi connectivity index (χ1n) is 6.02. The number of rotatable bonds is 2. The van der Waals surface area contributed by atoms with Crippen molar-refractivity contribution in [2.75, 3.05) is 0 Å². The normalized spacial score (nSPS) is 10.8. The van der Waals surface area contributed by atoms with Gasteiger partial charge in [-0.1, -0.05) is 23.7 Å². The summed E-state index contributed by atoms with van der Waals surface area (Å²) in [7, 11) is 0. The molecule has 2 heterocycles. The maximum absolute atomic E-state index is 11.4. The van der Waals surface area contributed by atoms with E-state index < -0.39 is 0 Å². The predicted molar refractivity (Wildman–Crippen MR) is 78.0 cm³/mol. The molecule has 0 saturated heterocycles. The number of carbonyl (C=O) groups is 1. The van der Waals surface area contributed by atoms with Crippen LogP contribution in [0.25, 0.3) is 16.6 Å². The second kappa shape index (κ2) is 4.56. The highest BCUT2D eigenvalue weighted by atomic mass is 35.5. The first-order chi connectivity index (χ1) is 9.20. The molecule has 0 unspecified atom stereocenters. The third kappa shape index (κ3) is 1.94. The van der Waals surface area contributed by atoms with Crippen LogP contribution in [-0.2, 0) is 0 Å². The van der Waals surface area contributed by atoms with Crippen LogP contribution >= 0.6 is 11.6 Å². The van der Waals surface area contributed by atoms with E-state index in [0.717, 1.165) is 33.5 Å². The van der Waals surface area contributed by atoms with E-state index in [4.69, 9.17) is 11.6 Å². The number of aryl methyl sites for hydroxylation is 1. The zero-order valence-corrected chi connectivity index (χ0v) is 11.2. The Labute approximate surface area is 116 Å². The van der Waals surface area contributed by atoms with Gasteiger partial charge in [-0.25, -0.2) is 0 Å². The lowest BCUT2D eigenvalue weighted by Crippen LogP contribution is -1.91. The number of pyridine rings is 1. The molecule has 0 aliphatic heterocycles. The van der Waals surface area contributed by atoms with E-state index in [9.17, 15) is 4.79 Å². The van der Waals surface area contributed by atoms with E-state index in [1.54, 1.807) is 0 Å². The SMILES string of the molecule is Cc1cc(-c2cc3ccccn3c2C=O)ccc1Cl. The highest BCUT2D eigenvalue weighted by Crippen LogP contribution is 2.29. The molecule has 0 aliphatic rings. The molecule has 0 aliphatic carbocycles. The van der Waals surface area contributed by atoms with Gasteiger partial charge in [-0.15, -0.1) is 0 Å². The first-order valence-corrected chi connectivity index (χ1v) is 6.40. The average Bonchev–Trinajstić information content (AvgIpc) is 2.80. The van der Waals surface area contributed by atoms with Gasteiger partial charge >= 0.3 is 0 Å². The lowest BCUT2D eigenvalue weighted by atomic mass is 10.0. The van der Waals surface area contributed by atoms with Gasteiger partial charge in [-0.2, -0.15) is 0 Å². The number of aldehydes is 1. The van der Waals surface area contributed by atoms with Crippen molar-refractivity contribution in [2.45, 2.75) is 6.92 Å². The van der Waals surface area contributed by atoms with Gasteiger partial charge in [0.05, 0.1) is 5.69 Å². The molecule has 2 nitrogen and oxygen atoms in total. The standard InChI is InChI=1S/C16H12ClNO/c1-11-8-12(5-6-15(11)17)14-9-13-4-2-3-7-18(13)16(14)10-19/h2-10H,1H3. The summed E-state index contributed by atoms with van der Waals surface area (Å²) >= 11 is 6.05. The Hall–Kier alpha value is -2.06. The number of hydrogen-bond donors (Lipinski definition) is 0. The third-order valence-electron chi connectivity index (χ3n) is 3.30. The van der Waals surface area contributed by atoms with Crippen molar-refractivity contribution >= 4 is 23.4 Å². The van der Waals surface area contributed by atoms with Gasteiger partial charge in [0.2, 0.25) is 0 Å². The second-order valence-corrected chi connectivity index (χ2v) is 4.93. The molecule has 0 saturated carbocycles. The van der Waals surface area contributed by atoms with E-state index >= 15 is 0 Å². The summed E-state index contributed by atoms with van der Waals surface area (Å²) in [5.74, 6) is 0. The van der Waals surface area contributed by atoms with Crippen LogP contribution in [0.5, 0.6) is 0 Å². The molecular weight excluding hydrogens is 258 g/mol. The first kappa shape index (κ1) is 12.0. The van der Waals surface area contributed by atoms with Crippen molar-refractivity contribution in [3.05, 3.63) is 64.9 Å². The predicted octanol–water partition coefficient (Wildman–Crippen LogP) is 4.38. The van der Waals surface area contributed by atoms with Gasteiger partial charge in [0.25, 0.3) is 0 Å². The Morgan fingerprint density at radius 1 is 1.16 bits per heavy atom. The molecule has 0 fully saturated rings. The Balaban J connectivity index is 2.29. The summed E-state index contributed by atoms with van der Waals surface area (Å²) in [5.41, 5.74) is 4.62. The van der Waals surface area contributed by atoms with Crippen LogP contribution in [0.1, 0.15) is 16.1 Å². The van der Waals surface area contributed by atoms with Crippen LogP contribution in [0, 0.1) is 6.92 Å². The molecule has 0 amide bonds. The summed E-state index contributed by atoms with van der Waals surface area (Å²) in [6.07, 6.45) is 2.79. The largest absolute Gasteiger partial charge is 0.314 e. The van der Waals surface area contributed by atoms with Crippen molar-refractivity contribution in [1.29, 1.82) is 0 Å². The Kier molecular flexibility index (Phi) is 2.88. The molecule has 2 aromatic heterocycles. The Morgan fingerprint density at radius 2 is 2.00 bits per heavy atom. The average molecular weight is 270 g/mol. The molecule has 0 radical (unpaired) electrons. The van der Waals surface area contributed by atoms with Crippen molar-refractivity contribution in [1.82, 2.24) is 4.40 Å². The lowest BCUT2D eigenvalue weighted by Gasteiger charge is -2.03. The molecule has 1 aromatic carbocycles. The van der Waals surface area contributed by atoms with Crippen LogP contribution in [0.2, 0.25) is 5.02 Å². The van der Waals surface area contributed by atoms with Crippen LogP contribution in [0.15, 0.2) is 48.7 Å². The summed E-state index contributed by atoms with van der Waals surface area (Å²) in [6, 6.07) is 13.7. The highest BCUT2D eigenvalue weighted by molar-refractivity contribution is 6.31. The van der Waals surface area contributed by atoms with E-state index in [2.05, 4.69) is 0 Å². The molecule has 94 valence electrons. The number of benzene rings is 1. The fourth-order valence-electron chi connectivity index (χ4n) is 2.31.